The third-order valence-electron chi connectivity index (χ3n) is 7.24. The Balaban J connectivity index is 1.57. The number of carbonyl (C=O) groups excluding carboxylic acids is 1. The van der Waals surface area contributed by atoms with Crippen molar-refractivity contribution < 1.29 is 9.90 Å². The molecular weight excluding hydrogens is 368 g/mol. The summed E-state index contributed by atoms with van der Waals surface area (Å²) in [6.45, 7) is 4.53. The number of likely N-dealkylation sites (tertiary alicyclic amines) is 1. The molecule has 2 bridgehead atoms. The van der Waals surface area contributed by atoms with E-state index < -0.39 is 0 Å². The molecule has 3 atom stereocenters. The van der Waals surface area contributed by atoms with Gasteiger partial charge in [-0.25, -0.2) is 0 Å². The highest BCUT2D eigenvalue weighted by atomic mass is 32.1. The summed E-state index contributed by atoms with van der Waals surface area (Å²) >= 11 is 1.57. The SMILES string of the molecule is CN(C(=O)c1ccsc1)[C@@H]1[C@H]2Cc3ccc(O)cc3C1(C)CCN2CC1CC1. The van der Waals surface area contributed by atoms with Gasteiger partial charge in [-0.2, -0.15) is 11.3 Å². The highest BCUT2D eigenvalue weighted by Gasteiger charge is 2.53. The number of hydrogen-bond acceptors (Lipinski definition) is 4. The van der Waals surface area contributed by atoms with Crippen LogP contribution >= 0.6 is 11.3 Å². The largest absolute Gasteiger partial charge is 0.508 e. The van der Waals surface area contributed by atoms with E-state index in [2.05, 4.69) is 17.9 Å². The number of piperidine rings is 1. The van der Waals surface area contributed by atoms with Gasteiger partial charge in [-0.1, -0.05) is 13.0 Å². The number of likely N-dealkylation sites (N-methyl/N-ethyl adjacent to an activating group) is 1. The zero-order valence-corrected chi connectivity index (χ0v) is 17.4. The fourth-order valence-corrected chi connectivity index (χ4v) is 6.24. The number of fused-ring (bicyclic) bond motifs is 4. The molecule has 3 aliphatic rings. The first-order chi connectivity index (χ1) is 13.5. The lowest BCUT2D eigenvalue weighted by atomic mass is 9.61. The highest BCUT2D eigenvalue weighted by molar-refractivity contribution is 7.08. The first kappa shape index (κ1) is 18.2. The van der Waals surface area contributed by atoms with Crippen molar-refractivity contribution in [3.63, 3.8) is 0 Å². The third kappa shape index (κ3) is 2.87. The number of benzene rings is 1. The summed E-state index contributed by atoms with van der Waals surface area (Å²) in [6, 6.07) is 8.21. The molecule has 1 saturated carbocycles. The zero-order chi connectivity index (χ0) is 19.5. The molecule has 1 N–H and O–H groups in total. The van der Waals surface area contributed by atoms with E-state index in [1.165, 1.54) is 24.0 Å². The summed E-state index contributed by atoms with van der Waals surface area (Å²) in [5, 5.41) is 14.1. The van der Waals surface area contributed by atoms with Crippen LogP contribution in [0.15, 0.2) is 35.0 Å². The number of thiophene rings is 1. The lowest BCUT2D eigenvalue weighted by molar-refractivity contribution is -0.00726. The Bertz CT molecular complexity index is 892. The van der Waals surface area contributed by atoms with Gasteiger partial charge in [0.1, 0.15) is 5.75 Å². The summed E-state index contributed by atoms with van der Waals surface area (Å²) in [6.07, 6.45) is 4.65. The van der Waals surface area contributed by atoms with Crippen LogP contribution in [0.5, 0.6) is 5.75 Å². The fraction of sp³-hybridized carbons (Fsp3) is 0.522. The topological polar surface area (TPSA) is 43.8 Å². The van der Waals surface area contributed by atoms with Crippen LogP contribution in [0.4, 0.5) is 0 Å². The van der Waals surface area contributed by atoms with Gasteiger partial charge in [0.15, 0.2) is 0 Å². The quantitative estimate of drug-likeness (QED) is 0.853. The maximum atomic E-state index is 13.3. The maximum absolute atomic E-state index is 13.3. The molecule has 0 spiro atoms. The lowest BCUT2D eigenvalue weighted by Crippen LogP contribution is -2.68. The predicted octanol–water partition coefficient (Wildman–Crippen LogP) is 3.89. The van der Waals surface area contributed by atoms with Gasteiger partial charge in [0.2, 0.25) is 0 Å². The van der Waals surface area contributed by atoms with Crippen molar-refractivity contribution in [1.82, 2.24) is 9.80 Å². The van der Waals surface area contributed by atoms with Crippen LogP contribution in [0.2, 0.25) is 0 Å². The zero-order valence-electron chi connectivity index (χ0n) is 16.6. The Morgan fingerprint density at radius 2 is 2.18 bits per heavy atom. The van der Waals surface area contributed by atoms with Crippen LogP contribution in [-0.2, 0) is 11.8 Å². The standard InChI is InChI=1S/C23H28N2O2S/c1-23-8-9-25(13-15-3-4-15)20(11-16-5-6-18(26)12-19(16)23)21(23)24(2)22(27)17-7-10-28-14-17/h5-7,10,12,14-15,20-21,26H,3-4,8-9,11,13H2,1-2H3/t20-,21-,23?/m1/s1. The molecule has 2 aromatic rings. The molecule has 1 aromatic heterocycles. The summed E-state index contributed by atoms with van der Waals surface area (Å²) in [5.74, 6) is 1.27. The van der Waals surface area contributed by atoms with E-state index in [9.17, 15) is 9.90 Å². The smallest absolute Gasteiger partial charge is 0.254 e. The van der Waals surface area contributed by atoms with Gasteiger partial charge in [-0.3, -0.25) is 9.69 Å². The number of nitrogens with zero attached hydrogens (tertiary/aromatic N) is 2. The summed E-state index contributed by atoms with van der Waals surface area (Å²) in [4.78, 5) is 17.9. The van der Waals surface area contributed by atoms with Crippen molar-refractivity contribution in [2.45, 2.75) is 50.1 Å². The molecule has 28 heavy (non-hydrogen) atoms. The van der Waals surface area contributed by atoms with Gasteiger partial charge in [0.25, 0.3) is 5.91 Å². The minimum Gasteiger partial charge on any atom is -0.508 e. The molecule has 0 radical (unpaired) electrons. The second-order valence-electron chi connectivity index (χ2n) is 9.09. The van der Waals surface area contributed by atoms with Crippen molar-refractivity contribution in [1.29, 1.82) is 0 Å². The van der Waals surface area contributed by atoms with E-state index in [0.29, 0.717) is 11.8 Å². The minimum atomic E-state index is -0.141. The molecule has 5 heteroatoms. The molecule has 2 heterocycles. The van der Waals surface area contributed by atoms with Crippen molar-refractivity contribution >= 4 is 17.2 Å². The monoisotopic (exact) mass is 396 g/mol. The number of amides is 1. The van der Waals surface area contributed by atoms with Crippen LogP contribution in [0.25, 0.3) is 0 Å². The molecule has 1 aromatic carbocycles. The molecule has 1 aliphatic heterocycles. The Labute approximate surface area is 170 Å². The van der Waals surface area contributed by atoms with Crippen LogP contribution in [-0.4, -0.2) is 53.0 Å². The minimum absolute atomic E-state index is 0.111. The van der Waals surface area contributed by atoms with Crippen molar-refractivity contribution in [2.75, 3.05) is 20.1 Å². The van der Waals surface area contributed by atoms with Gasteiger partial charge >= 0.3 is 0 Å². The Morgan fingerprint density at radius 1 is 1.36 bits per heavy atom. The maximum Gasteiger partial charge on any atom is 0.254 e. The van der Waals surface area contributed by atoms with Crippen molar-refractivity contribution in [2.24, 2.45) is 5.92 Å². The molecule has 1 saturated heterocycles. The molecule has 2 aliphatic carbocycles. The van der Waals surface area contributed by atoms with Gasteiger partial charge in [-0.15, -0.1) is 0 Å². The number of phenolic OH excluding ortho intramolecular Hbond substituents is 1. The third-order valence-corrected chi connectivity index (χ3v) is 7.92. The Morgan fingerprint density at radius 3 is 2.89 bits per heavy atom. The normalized spacial score (nSPS) is 29.4. The number of carbonyl (C=O) groups is 1. The van der Waals surface area contributed by atoms with Crippen LogP contribution in [0.1, 0.15) is 47.7 Å². The molecule has 148 valence electrons. The van der Waals surface area contributed by atoms with Crippen molar-refractivity contribution in [3.8, 4) is 5.75 Å². The Hall–Kier alpha value is -1.85. The fourth-order valence-electron chi connectivity index (χ4n) is 5.61. The van der Waals surface area contributed by atoms with E-state index in [-0.39, 0.29) is 17.4 Å². The summed E-state index contributed by atoms with van der Waals surface area (Å²) < 4.78 is 0. The predicted molar refractivity (Wildman–Crippen MR) is 112 cm³/mol. The van der Waals surface area contributed by atoms with Crippen LogP contribution in [0.3, 0.4) is 0 Å². The number of rotatable bonds is 4. The second kappa shape index (κ2) is 6.60. The highest BCUT2D eigenvalue weighted by Crippen LogP contribution is 2.48. The molecule has 4 nitrogen and oxygen atoms in total. The molecule has 2 fully saturated rings. The van der Waals surface area contributed by atoms with E-state index in [0.717, 1.165) is 37.4 Å². The molecular formula is C23H28N2O2S. The Kier molecular flexibility index (Phi) is 4.29. The first-order valence-corrected chi connectivity index (χ1v) is 11.3. The molecule has 1 amide bonds. The van der Waals surface area contributed by atoms with Crippen LogP contribution < -0.4 is 0 Å². The number of hydrogen-bond donors (Lipinski definition) is 1. The van der Waals surface area contributed by atoms with E-state index in [4.69, 9.17) is 0 Å². The summed E-state index contributed by atoms with van der Waals surface area (Å²) in [7, 11) is 1.98. The van der Waals surface area contributed by atoms with E-state index >= 15 is 0 Å². The first-order valence-electron chi connectivity index (χ1n) is 10.3. The van der Waals surface area contributed by atoms with E-state index in [1.54, 1.807) is 11.3 Å². The van der Waals surface area contributed by atoms with Gasteiger partial charge in [0.05, 0.1) is 11.6 Å². The number of aromatic hydroxyl groups is 1. The van der Waals surface area contributed by atoms with Gasteiger partial charge < -0.3 is 10.0 Å². The summed E-state index contributed by atoms with van der Waals surface area (Å²) in [5.41, 5.74) is 3.20. The second-order valence-corrected chi connectivity index (χ2v) is 9.87. The van der Waals surface area contributed by atoms with E-state index in [1.807, 2.05) is 40.9 Å². The van der Waals surface area contributed by atoms with Crippen LogP contribution in [0, 0.1) is 5.92 Å². The van der Waals surface area contributed by atoms with Crippen molar-refractivity contribution in [3.05, 3.63) is 51.7 Å². The van der Waals surface area contributed by atoms with Gasteiger partial charge in [-0.05, 0) is 72.9 Å². The average Bonchev–Trinajstić information content (AvgIpc) is 3.33. The lowest BCUT2D eigenvalue weighted by Gasteiger charge is -2.58. The van der Waals surface area contributed by atoms with Gasteiger partial charge in [0, 0.05) is 30.4 Å². The average molecular weight is 397 g/mol. The molecule has 5 rings (SSSR count). The number of phenols is 1. The molecule has 1 unspecified atom stereocenters.